The van der Waals surface area contributed by atoms with Gasteiger partial charge in [-0.2, -0.15) is 0 Å². The number of anilines is 1. The van der Waals surface area contributed by atoms with Crippen molar-refractivity contribution >= 4 is 11.9 Å². The van der Waals surface area contributed by atoms with E-state index in [2.05, 4.69) is 39.3 Å². The van der Waals surface area contributed by atoms with Crippen molar-refractivity contribution in [2.24, 2.45) is 11.8 Å². The number of carboxylic acids is 1. The molecule has 5 rings (SSSR count). The average molecular weight is 498 g/mol. The SMILES string of the molecule is Cc1cccc(-c2cc(-c3cn(Cc4cccc(C(C)C5CCC(C(=O)O)CC5)n4)nn3)nc(N)n2)c1. The standard InChI is InChI=1S/C28H31N7O2/c1-17-5-3-6-21(13-17)24-14-25(32-28(29)31-24)26-16-35(34-33-26)15-22-7-4-8-23(30-22)18(2)19-9-11-20(12-10-19)27(36)37/h3-8,13-14,16,18-20H,9-12,15H2,1-2H3,(H,36,37)(H2,29,31,32). The third-order valence-corrected chi connectivity index (χ3v) is 7.31. The van der Waals surface area contributed by atoms with Crippen molar-refractivity contribution in [1.29, 1.82) is 0 Å². The van der Waals surface area contributed by atoms with Crippen LogP contribution in [0.3, 0.4) is 0 Å². The molecule has 0 bridgehead atoms. The topological polar surface area (TPSA) is 133 Å². The summed E-state index contributed by atoms with van der Waals surface area (Å²) in [6.07, 6.45) is 5.16. The van der Waals surface area contributed by atoms with Gasteiger partial charge in [-0.05, 0) is 62.8 Å². The molecule has 1 unspecified atom stereocenters. The summed E-state index contributed by atoms with van der Waals surface area (Å²) in [6.45, 7) is 4.70. The molecule has 4 aromatic rings. The maximum Gasteiger partial charge on any atom is 0.306 e. The summed E-state index contributed by atoms with van der Waals surface area (Å²) in [5.41, 5.74) is 12.0. The van der Waals surface area contributed by atoms with Crippen molar-refractivity contribution in [2.75, 3.05) is 5.73 Å². The van der Waals surface area contributed by atoms with Crippen molar-refractivity contribution in [2.45, 2.75) is 52.0 Å². The van der Waals surface area contributed by atoms with Gasteiger partial charge in [-0.15, -0.1) is 5.10 Å². The van der Waals surface area contributed by atoms with E-state index in [0.29, 0.717) is 23.9 Å². The average Bonchev–Trinajstić information content (AvgIpc) is 3.36. The van der Waals surface area contributed by atoms with Crippen molar-refractivity contribution < 1.29 is 9.90 Å². The molecule has 0 amide bonds. The normalized spacial score (nSPS) is 18.4. The molecular formula is C28H31N7O2. The molecule has 1 saturated carbocycles. The molecule has 190 valence electrons. The summed E-state index contributed by atoms with van der Waals surface area (Å²) < 4.78 is 1.74. The van der Waals surface area contributed by atoms with Crippen LogP contribution < -0.4 is 5.73 Å². The highest BCUT2D eigenvalue weighted by Gasteiger charge is 2.30. The molecule has 3 aromatic heterocycles. The molecule has 9 heteroatoms. The highest BCUT2D eigenvalue weighted by atomic mass is 16.4. The van der Waals surface area contributed by atoms with E-state index >= 15 is 0 Å². The van der Waals surface area contributed by atoms with Crippen molar-refractivity contribution in [3.8, 4) is 22.6 Å². The van der Waals surface area contributed by atoms with Gasteiger partial charge in [-0.1, -0.05) is 42.0 Å². The number of hydrogen-bond donors (Lipinski definition) is 2. The lowest BCUT2D eigenvalue weighted by Gasteiger charge is -2.30. The second-order valence-corrected chi connectivity index (χ2v) is 9.96. The lowest BCUT2D eigenvalue weighted by Crippen LogP contribution is -2.24. The smallest absolute Gasteiger partial charge is 0.306 e. The van der Waals surface area contributed by atoms with Crippen LogP contribution in [0.15, 0.2) is 54.7 Å². The zero-order valence-electron chi connectivity index (χ0n) is 21.1. The number of nitrogens with two attached hydrogens (primary N) is 1. The summed E-state index contributed by atoms with van der Waals surface area (Å²) >= 11 is 0. The van der Waals surface area contributed by atoms with Crippen LogP contribution in [0.2, 0.25) is 0 Å². The number of pyridine rings is 1. The predicted octanol–water partition coefficient (Wildman–Crippen LogP) is 4.73. The quantitative estimate of drug-likeness (QED) is 0.374. The third kappa shape index (κ3) is 5.66. The highest BCUT2D eigenvalue weighted by Crippen LogP contribution is 2.37. The minimum Gasteiger partial charge on any atom is -0.481 e. The molecule has 0 spiro atoms. The molecule has 1 aliphatic rings. The number of rotatable bonds is 7. The first-order chi connectivity index (χ1) is 17.9. The Bertz CT molecular complexity index is 1410. The fourth-order valence-electron chi connectivity index (χ4n) is 5.16. The van der Waals surface area contributed by atoms with E-state index in [1.165, 1.54) is 0 Å². The molecule has 0 aliphatic heterocycles. The zero-order valence-corrected chi connectivity index (χ0v) is 21.1. The summed E-state index contributed by atoms with van der Waals surface area (Å²) in [6, 6.07) is 16.0. The Balaban J connectivity index is 1.30. The minimum atomic E-state index is -0.672. The number of aliphatic carboxylic acids is 1. The first kappa shape index (κ1) is 24.5. The van der Waals surface area contributed by atoms with E-state index in [-0.39, 0.29) is 17.8 Å². The monoisotopic (exact) mass is 497 g/mol. The van der Waals surface area contributed by atoms with Gasteiger partial charge in [0.05, 0.1) is 35.7 Å². The van der Waals surface area contributed by atoms with Gasteiger partial charge in [-0.3, -0.25) is 9.78 Å². The van der Waals surface area contributed by atoms with Gasteiger partial charge in [0.1, 0.15) is 5.69 Å². The second-order valence-electron chi connectivity index (χ2n) is 9.96. The maximum absolute atomic E-state index is 11.3. The molecule has 3 N–H and O–H groups in total. The molecule has 1 aromatic carbocycles. The van der Waals surface area contributed by atoms with Gasteiger partial charge >= 0.3 is 5.97 Å². The highest BCUT2D eigenvalue weighted by molar-refractivity contribution is 5.70. The molecule has 1 atom stereocenters. The largest absolute Gasteiger partial charge is 0.481 e. The summed E-state index contributed by atoms with van der Waals surface area (Å²) in [5, 5.41) is 17.9. The molecule has 9 nitrogen and oxygen atoms in total. The van der Waals surface area contributed by atoms with E-state index in [1.807, 2.05) is 49.5 Å². The van der Waals surface area contributed by atoms with Crippen molar-refractivity contribution in [3.05, 3.63) is 71.7 Å². The molecule has 1 fully saturated rings. The molecule has 0 saturated heterocycles. The van der Waals surface area contributed by atoms with Crippen LogP contribution in [0.5, 0.6) is 0 Å². The van der Waals surface area contributed by atoms with E-state index in [1.54, 1.807) is 4.68 Å². The van der Waals surface area contributed by atoms with Gasteiger partial charge in [0, 0.05) is 17.2 Å². The Morgan fingerprint density at radius 3 is 2.54 bits per heavy atom. The van der Waals surface area contributed by atoms with Gasteiger partial charge in [0.2, 0.25) is 5.95 Å². The van der Waals surface area contributed by atoms with E-state index in [4.69, 9.17) is 10.7 Å². The lowest BCUT2D eigenvalue weighted by molar-refractivity contribution is -0.143. The Labute approximate surface area is 215 Å². The summed E-state index contributed by atoms with van der Waals surface area (Å²) in [7, 11) is 0. The number of benzene rings is 1. The zero-order chi connectivity index (χ0) is 25.9. The maximum atomic E-state index is 11.3. The van der Waals surface area contributed by atoms with E-state index < -0.39 is 5.97 Å². The van der Waals surface area contributed by atoms with Gasteiger partial charge < -0.3 is 10.8 Å². The molecule has 37 heavy (non-hydrogen) atoms. The number of nitrogens with zero attached hydrogens (tertiary/aromatic N) is 6. The number of hydrogen-bond acceptors (Lipinski definition) is 7. The van der Waals surface area contributed by atoms with E-state index in [9.17, 15) is 9.90 Å². The van der Waals surface area contributed by atoms with Gasteiger partial charge in [-0.25, -0.2) is 14.6 Å². The Morgan fingerprint density at radius 1 is 1.03 bits per heavy atom. The van der Waals surface area contributed by atoms with Crippen LogP contribution >= 0.6 is 0 Å². The molecule has 1 aliphatic carbocycles. The Kier molecular flexibility index (Phi) is 6.94. The minimum absolute atomic E-state index is 0.185. The first-order valence-electron chi connectivity index (χ1n) is 12.7. The number of nitrogen functional groups attached to an aromatic ring is 1. The fourth-order valence-corrected chi connectivity index (χ4v) is 5.16. The number of aryl methyl sites for hydroxylation is 1. The Morgan fingerprint density at radius 2 is 1.78 bits per heavy atom. The summed E-state index contributed by atoms with van der Waals surface area (Å²) in [4.78, 5) is 25.0. The molecule has 3 heterocycles. The fraction of sp³-hybridized carbons (Fsp3) is 0.357. The van der Waals surface area contributed by atoms with Crippen LogP contribution in [0, 0.1) is 18.8 Å². The summed E-state index contributed by atoms with van der Waals surface area (Å²) in [5.74, 6) is 0.0216. The molecule has 0 radical (unpaired) electrons. The van der Waals surface area contributed by atoms with Crippen LogP contribution in [0.25, 0.3) is 22.6 Å². The van der Waals surface area contributed by atoms with Gasteiger partial charge in [0.15, 0.2) is 0 Å². The van der Waals surface area contributed by atoms with Crippen LogP contribution in [0.1, 0.15) is 55.5 Å². The van der Waals surface area contributed by atoms with Crippen LogP contribution in [-0.2, 0) is 11.3 Å². The first-order valence-corrected chi connectivity index (χ1v) is 12.7. The number of carbonyl (C=O) groups is 1. The van der Waals surface area contributed by atoms with Crippen LogP contribution in [0.4, 0.5) is 5.95 Å². The Hall–Kier alpha value is -4.14. The molecular weight excluding hydrogens is 466 g/mol. The second kappa shape index (κ2) is 10.5. The van der Waals surface area contributed by atoms with E-state index in [0.717, 1.165) is 53.9 Å². The number of aromatic nitrogens is 6. The third-order valence-electron chi connectivity index (χ3n) is 7.31. The lowest BCUT2D eigenvalue weighted by atomic mass is 9.75. The number of carboxylic acid groups (broad SMARTS) is 1. The van der Waals surface area contributed by atoms with Crippen molar-refractivity contribution in [1.82, 2.24) is 29.9 Å². The van der Waals surface area contributed by atoms with Gasteiger partial charge in [0.25, 0.3) is 0 Å². The predicted molar refractivity (Wildman–Crippen MR) is 140 cm³/mol. The van der Waals surface area contributed by atoms with Crippen molar-refractivity contribution in [3.63, 3.8) is 0 Å². The van der Waals surface area contributed by atoms with Crippen LogP contribution in [-0.4, -0.2) is 41.0 Å².